The topological polar surface area (TPSA) is 75.4 Å². The van der Waals surface area contributed by atoms with Gasteiger partial charge in [-0.25, -0.2) is 0 Å². The highest BCUT2D eigenvalue weighted by Gasteiger charge is 2.09. The minimum atomic E-state index is -0.413. The number of nitrogens with one attached hydrogen (secondary N) is 1. The van der Waals surface area contributed by atoms with Crippen LogP contribution in [0.5, 0.6) is 5.75 Å². The highest BCUT2D eigenvalue weighted by molar-refractivity contribution is 5.35. The van der Waals surface area contributed by atoms with E-state index in [0.717, 1.165) is 11.1 Å². The summed E-state index contributed by atoms with van der Waals surface area (Å²) in [6, 6.07) is 13.6. The monoisotopic (exact) mass is 272 g/mol. The van der Waals surface area contributed by atoms with Crippen LogP contribution in [0.3, 0.4) is 0 Å². The molecule has 5 heteroatoms. The summed E-state index contributed by atoms with van der Waals surface area (Å²) in [6.07, 6.45) is 0. The molecule has 0 radical (unpaired) electrons. The number of benzene rings is 2. The van der Waals surface area contributed by atoms with Gasteiger partial charge < -0.3 is 10.4 Å². The van der Waals surface area contributed by atoms with Crippen LogP contribution in [-0.2, 0) is 6.54 Å². The number of phenolic OH excluding ortho intramolecular Hbond substituents is 1. The number of non-ortho nitro benzene ring substituents is 1. The Bertz CT molecular complexity index is 596. The number of aromatic hydroxyl groups is 1. The molecule has 0 aliphatic rings. The quantitative estimate of drug-likeness (QED) is 0.647. The van der Waals surface area contributed by atoms with Gasteiger partial charge in [-0.2, -0.15) is 0 Å². The smallest absolute Gasteiger partial charge is 0.269 e. The van der Waals surface area contributed by atoms with Crippen molar-refractivity contribution in [3.05, 3.63) is 69.8 Å². The van der Waals surface area contributed by atoms with Crippen molar-refractivity contribution < 1.29 is 10.0 Å². The van der Waals surface area contributed by atoms with E-state index in [9.17, 15) is 15.2 Å². The minimum absolute atomic E-state index is 0.0374. The van der Waals surface area contributed by atoms with Gasteiger partial charge in [0, 0.05) is 30.3 Å². The van der Waals surface area contributed by atoms with E-state index in [-0.39, 0.29) is 17.5 Å². The van der Waals surface area contributed by atoms with E-state index in [1.807, 2.05) is 19.1 Å². The first-order chi connectivity index (χ1) is 9.58. The van der Waals surface area contributed by atoms with Crippen molar-refractivity contribution in [1.29, 1.82) is 0 Å². The molecule has 0 aliphatic heterocycles. The molecule has 0 aliphatic carbocycles. The Balaban J connectivity index is 2.00. The van der Waals surface area contributed by atoms with E-state index < -0.39 is 4.92 Å². The summed E-state index contributed by atoms with van der Waals surface area (Å²) in [7, 11) is 0. The highest BCUT2D eigenvalue weighted by Crippen LogP contribution is 2.20. The molecule has 0 bridgehead atoms. The van der Waals surface area contributed by atoms with Crippen molar-refractivity contribution in [2.24, 2.45) is 0 Å². The van der Waals surface area contributed by atoms with Crippen LogP contribution >= 0.6 is 0 Å². The van der Waals surface area contributed by atoms with Crippen molar-refractivity contribution in [3.8, 4) is 5.75 Å². The average Bonchev–Trinajstić information content (AvgIpc) is 2.46. The SMILES string of the molecule is CC(NCc1ccccc1O)c1ccc([N+](=O)[O-])cc1. The largest absolute Gasteiger partial charge is 0.508 e. The fourth-order valence-electron chi connectivity index (χ4n) is 1.93. The number of rotatable bonds is 5. The lowest BCUT2D eigenvalue weighted by molar-refractivity contribution is -0.384. The Morgan fingerprint density at radius 2 is 1.85 bits per heavy atom. The van der Waals surface area contributed by atoms with E-state index in [1.165, 1.54) is 12.1 Å². The van der Waals surface area contributed by atoms with Gasteiger partial charge in [0.25, 0.3) is 5.69 Å². The van der Waals surface area contributed by atoms with Gasteiger partial charge in [-0.05, 0) is 18.6 Å². The van der Waals surface area contributed by atoms with Crippen LogP contribution < -0.4 is 5.32 Å². The van der Waals surface area contributed by atoms with Gasteiger partial charge in [0.05, 0.1) is 4.92 Å². The molecular formula is C15H16N2O3. The van der Waals surface area contributed by atoms with Crippen molar-refractivity contribution in [2.75, 3.05) is 0 Å². The Labute approximate surface area is 117 Å². The third kappa shape index (κ3) is 3.33. The Morgan fingerprint density at radius 1 is 1.20 bits per heavy atom. The molecule has 0 amide bonds. The van der Waals surface area contributed by atoms with E-state index in [4.69, 9.17) is 0 Å². The maximum absolute atomic E-state index is 10.6. The van der Waals surface area contributed by atoms with Gasteiger partial charge in [-0.15, -0.1) is 0 Å². The molecule has 2 N–H and O–H groups in total. The molecule has 5 nitrogen and oxygen atoms in total. The lowest BCUT2D eigenvalue weighted by Gasteiger charge is -2.14. The van der Waals surface area contributed by atoms with Crippen molar-refractivity contribution in [2.45, 2.75) is 19.5 Å². The van der Waals surface area contributed by atoms with Gasteiger partial charge in [0.1, 0.15) is 5.75 Å². The summed E-state index contributed by atoms with van der Waals surface area (Å²) < 4.78 is 0. The number of hydrogen-bond acceptors (Lipinski definition) is 4. The third-order valence-electron chi connectivity index (χ3n) is 3.19. The van der Waals surface area contributed by atoms with Crippen LogP contribution in [0.4, 0.5) is 5.69 Å². The first-order valence-corrected chi connectivity index (χ1v) is 6.32. The summed E-state index contributed by atoms with van der Waals surface area (Å²) in [5.74, 6) is 0.260. The van der Waals surface area contributed by atoms with Crippen LogP contribution in [0, 0.1) is 10.1 Å². The number of hydrogen-bond donors (Lipinski definition) is 2. The number of nitrogens with zero attached hydrogens (tertiary/aromatic N) is 1. The fourth-order valence-corrected chi connectivity index (χ4v) is 1.93. The third-order valence-corrected chi connectivity index (χ3v) is 3.19. The lowest BCUT2D eigenvalue weighted by Crippen LogP contribution is -2.18. The minimum Gasteiger partial charge on any atom is -0.508 e. The van der Waals surface area contributed by atoms with Gasteiger partial charge in [0.2, 0.25) is 0 Å². The standard InChI is InChI=1S/C15H16N2O3/c1-11(12-6-8-14(9-7-12)17(19)20)16-10-13-4-2-3-5-15(13)18/h2-9,11,16,18H,10H2,1H3. The Morgan fingerprint density at radius 3 is 2.45 bits per heavy atom. The summed E-state index contributed by atoms with van der Waals surface area (Å²) in [5.41, 5.74) is 1.87. The summed E-state index contributed by atoms with van der Waals surface area (Å²) in [4.78, 5) is 10.2. The predicted molar refractivity (Wildman–Crippen MR) is 76.5 cm³/mol. The van der Waals surface area contributed by atoms with E-state index >= 15 is 0 Å². The van der Waals surface area contributed by atoms with Gasteiger partial charge in [0.15, 0.2) is 0 Å². The van der Waals surface area contributed by atoms with Gasteiger partial charge in [-0.3, -0.25) is 10.1 Å². The zero-order valence-corrected chi connectivity index (χ0v) is 11.1. The lowest BCUT2D eigenvalue weighted by atomic mass is 10.1. The molecule has 2 aromatic carbocycles. The number of nitro groups is 1. The van der Waals surface area contributed by atoms with Crippen LogP contribution in [0.25, 0.3) is 0 Å². The summed E-state index contributed by atoms with van der Waals surface area (Å²) in [6.45, 7) is 2.51. The van der Waals surface area contributed by atoms with Gasteiger partial charge in [-0.1, -0.05) is 30.3 Å². The second kappa shape index (κ2) is 6.16. The van der Waals surface area contributed by atoms with Crippen LogP contribution in [-0.4, -0.2) is 10.0 Å². The summed E-state index contributed by atoms with van der Waals surface area (Å²) in [5, 5.41) is 23.5. The Hall–Kier alpha value is -2.40. The van der Waals surface area contributed by atoms with E-state index in [0.29, 0.717) is 6.54 Å². The maximum atomic E-state index is 10.6. The average molecular weight is 272 g/mol. The zero-order valence-electron chi connectivity index (χ0n) is 11.1. The first kappa shape index (κ1) is 14.0. The number of phenols is 1. The van der Waals surface area contributed by atoms with E-state index in [1.54, 1.807) is 24.3 Å². The van der Waals surface area contributed by atoms with Crippen molar-refractivity contribution in [1.82, 2.24) is 5.32 Å². The molecule has 2 aromatic rings. The molecule has 0 spiro atoms. The highest BCUT2D eigenvalue weighted by atomic mass is 16.6. The molecule has 1 unspecified atom stereocenters. The van der Waals surface area contributed by atoms with Crippen LogP contribution in [0.1, 0.15) is 24.1 Å². The van der Waals surface area contributed by atoms with Crippen LogP contribution in [0.15, 0.2) is 48.5 Å². The molecule has 20 heavy (non-hydrogen) atoms. The van der Waals surface area contributed by atoms with Crippen molar-refractivity contribution >= 4 is 5.69 Å². The molecule has 0 saturated heterocycles. The number of para-hydroxylation sites is 1. The van der Waals surface area contributed by atoms with E-state index in [2.05, 4.69) is 5.32 Å². The molecular weight excluding hydrogens is 256 g/mol. The zero-order chi connectivity index (χ0) is 14.5. The first-order valence-electron chi connectivity index (χ1n) is 6.32. The molecule has 0 fully saturated rings. The van der Waals surface area contributed by atoms with Gasteiger partial charge >= 0.3 is 0 Å². The Kier molecular flexibility index (Phi) is 4.32. The predicted octanol–water partition coefficient (Wildman–Crippen LogP) is 3.15. The molecule has 0 heterocycles. The molecule has 1 atom stereocenters. The molecule has 0 saturated carbocycles. The second-order valence-electron chi connectivity index (χ2n) is 4.58. The fraction of sp³-hybridized carbons (Fsp3) is 0.200. The maximum Gasteiger partial charge on any atom is 0.269 e. The molecule has 0 aromatic heterocycles. The molecule has 104 valence electrons. The van der Waals surface area contributed by atoms with Crippen molar-refractivity contribution in [3.63, 3.8) is 0 Å². The molecule has 2 rings (SSSR count). The van der Waals surface area contributed by atoms with Crippen LogP contribution in [0.2, 0.25) is 0 Å². The summed E-state index contributed by atoms with van der Waals surface area (Å²) >= 11 is 0. The number of nitro benzene ring substituents is 1. The normalized spacial score (nSPS) is 12.1. The second-order valence-corrected chi connectivity index (χ2v) is 4.58.